The van der Waals surface area contributed by atoms with Crippen molar-refractivity contribution < 1.29 is 19.8 Å². The van der Waals surface area contributed by atoms with E-state index in [1.807, 2.05) is 0 Å². The zero-order valence-electron chi connectivity index (χ0n) is 13.6. The summed E-state index contributed by atoms with van der Waals surface area (Å²) in [5.74, 6) is -3.78. The van der Waals surface area contributed by atoms with Gasteiger partial charge in [0.25, 0.3) is 0 Å². The zero-order valence-corrected chi connectivity index (χ0v) is 13.6. The third-order valence-corrected chi connectivity index (χ3v) is 4.61. The Hall–Kier alpha value is -1.88. The topological polar surface area (TPSA) is 77.8 Å². The molecule has 1 fully saturated rings. The fourth-order valence-electron chi connectivity index (χ4n) is 3.28. The van der Waals surface area contributed by atoms with Crippen molar-refractivity contribution in [2.24, 2.45) is 5.92 Å². The molecule has 1 saturated heterocycles. The molecule has 0 amide bonds. The molecule has 0 aromatic heterocycles. The van der Waals surface area contributed by atoms with E-state index in [2.05, 4.69) is 36.1 Å². The summed E-state index contributed by atoms with van der Waals surface area (Å²) in [6.07, 6.45) is 4.21. The van der Waals surface area contributed by atoms with Gasteiger partial charge in [0.1, 0.15) is 0 Å². The minimum Gasteiger partial charge on any atom is -0.481 e. The number of carboxylic acids is 2. The van der Waals surface area contributed by atoms with Crippen LogP contribution in [-0.2, 0) is 9.59 Å². The van der Waals surface area contributed by atoms with Crippen LogP contribution in [0.5, 0.6) is 0 Å². The predicted octanol–water partition coefficient (Wildman–Crippen LogP) is 3.09. The first-order valence-electron chi connectivity index (χ1n) is 8.25. The first-order chi connectivity index (χ1) is 11.0. The van der Waals surface area contributed by atoms with Crippen molar-refractivity contribution in [1.29, 1.82) is 0 Å². The Bertz CT molecular complexity index is 526. The standard InChI is InChI=1S/C18H25NO4/c1-13-7-9-14(10-8-13)16-6-2-3-11-19(16)12-4-5-15(17(20)21)18(22)23/h7-10,15-16H,2-6,11-12H2,1H3,(H,20,21)(H,22,23). The molecule has 1 heterocycles. The number of hydrogen-bond donors (Lipinski definition) is 2. The van der Waals surface area contributed by atoms with Gasteiger partial charge in [-0.25, -0.2) is 0 Å². The summed E-state index contributed by atoms with van der Waals surface area (Å²) in [5.41, 5.74) is 2.53. The second kappa shape index (κ2) is 8.11. The van der Waals surface area contributed by atoms with Crippen LogP contribution in [0.3, 0.4) is 0 Å². The van der Waals surface area contributed by atoms with E-state index in [-0.39, 0.29) is 6.42 Å². The van der Waals surface area contributed by atoms with E-state index in [1.165, 1.54) is 17.5 Å². The van der Waals surface area contributed by atoms with E-state index < -0.39 is 17.9 Å². The number of benzene rings is 1. The first-order valence-corrected chi connectivity index (χ1v) is 8.25. The minimum atomic E-state index is -1.29. The summed E-state index contributed by atoms with van der Waals surface area (Å²) in [6, 6.07) is 8.92. The Labute approximate surface area is 136 Å². The maximum atomic E-state index is 10.9. The van der Waals surface area contributed by atoms with Crippen LogP contribution in [-0.4, -0.2) is 40.1 Å². The van der Waals surface area contributed by atoms with Gasteiger partial charge >= 0.3 is 11.9 Å². The molecule has 0 spiro atoms. The lowest BCUT2D eigenvalue weighted by Crippen LogP contribution is -2.35. The molecular weight excluding hydrogens is 294 g/mol. The van der Waals surface area contributed by atoms with Crippen molar-refractivity contribution >= 4 is 11.9 Å². The van der Waals surface area contributed by atoms with Gasteiger partial charge in [0.05, 0.1) is 0 Å². The highest BCUT2D eigenvalue weighted by Gasteiger charge is 2.27. The molecule has 0 radical (unpaired) electrons. The Morgan fingerprint density at radius 3 is 2.43 bits per heavy atom. The van der Waals surface area contributed by atoms with Crippen LogP contribution in [0, 0.1) is 12.8 Å². The third kappa shape index (κ3) is 4.79. The van der Waals surface area contributed by atoms with Crippen molar-refractivity contribution in [3.05, 3.63) is 35.4 Å². The first kappa shape index (κ1) is 17.5. The summed E-state index contributed by atoms with van der Waals surface area (Å²) in [6.45, 7) is 3.80. The molecule has 5 heteroatoms. The third-order valence-electron chi connectivity index (χ3n) is 4.61. The maximum absolute atomic E-state index is 10.9. The molecule has 0 saturated carbocycles. The molecule has 2 rings (SSSR count). The molecule has 1 unspecified atom stereocenters. The summed E-state index contributed by atoms with van der Waals surface area (Å²) in [7, 11) is 0. The van der Waals surface area contributed by atoms with Crippen LogP contribution in [0.25, 0.3) is 0 Å². The number of carbonyl (C=O) groups is 2. The quantitative estimate of drug-likeness (QED) is 0.755. The number of nitrogens with zero attached hydrogens (tertiary/aromatic N) is 1. The van der Waals surface area contributed by atoms with Crippen molar-refractivity contribution in [2.75, 3.05) is 13.1 Å². The number of likely N-dealkylation sites (tertiary alicyclic amines) is 1. The summed E-state index contributed by atoms with van der Waals surface area (Å²) in [5, 5.41) is 17.9. The van der Waals surface area contributed by atoms with E-state index in [0.717, 1.165) is 25.9 Å². The van der Waals surface area contributed by atoms with Gasteiger partial charge in [0, 0.05) is 6.04 Å². The SMILES string of the molecule is Cc1ccc(C2CCCCN2CCCC(C(=O)O)C(=O)O)cc1. The highest BCUT2D eigenvalue weighted by Crippen LogP contribution is 2.31. The van der Waals surface area contributed by atoms with Gasteiger partial charge in [-0.05, 0) is 51.3 Å². The summed E-state index contributed by atoms with van der Waals surface area (Å²) in [4.78, 5) is 24.3. The highest BCUT2D eigenvalue weighted by atomic mass is 16.4. The smallest absolute Gasteiger partial charge is 0.317 e. The Morgan fingerprint density at radius 2 is 1.83 bits per heavy atom. The van der Waals surface area contributed by atoms with Crippen LogP contribution in [0.1, 0.15) is 49.3 Å². The molecule has 0 aliphatic carbocycles. The van der Waals surface area contributed by atoms with Gasteiger partial charge in [-0.2, -0.15) is 0 Å². The largest absolute Gasteiger partial charge is 0.481 e. The number of aliphatic carboxylic acids is 2. The second-order valence-electron chi connectivity index (χ2n) is 6.33. The van der Waals surface area contributed by atoms with Crippen LogP contribution < -0.4 is 0 Å². The van der Waals surface area contributed by atoms with E-state index in [1.54, 1.807) is 0 Å². The highest BCUT2D eigenvalue weighted by molar-refractivity contribution is 5.92. The van der Waals surface area contributed by atoms with E-state index in [4.69, 9.17) is 10.2 Å². The summed E-state index contributed by atoms with van der Waals surface area (Å²) >= 11 is 0. The Morgan fingerprint density at radius 1 is 1.17 bits per heavy atom. The molecule has 5 nitrogen and oxygen atoms in total. The van der Waals surface area contributed by atoms with Gasteiger partial charge in [0.2, 0.25) is 0 Å². The fourth-order valence-corrected chi connectivity index (χ4v) is 3.28. The zero-order chi connectivity index (χ0) is 16.8. The molecular formula is C18H25NO4. The van der Waals surface area contributed by atoms with Crippen LogP contribution >= 0.6 is 0 Å². The lowest BCUT2D eigenvalue weighted by molar-refractivity contribution is -0.154. The summed E-state index contributed by atoms with van der Waals surface area (Å²) < 4.78 is 0. The molecule has 1 aromatic carbocycles. The van der Waals surface area contributed by atoms with Crippen molar-refractivity contribution in [3.8, 4) is 0 Å². The second-order valence-corrected chi connectivity index (χ2v) is 6.33. The van der Waals surface area contributed by atoms with Gasteiger partial charge < -0.3 is 10.2 Å². The molecule has 1 aromatic rings. The molecule has 23 heavy (non-hydrogen) atoms. The monoisotopic (exact) mass is 319 g/mol. The molecule has 1 aliphatic rings. The number of rotatable bonds is 7. The van der Waals surface area contributed by atoms with E-state index in [0.29, 0.717) is 12.5 Å². The molecule has 0 bridgehead atoms. The molecule has 1 atom stereocenters. The van der Waals surface area contributed by atoms with Gasteiger partial charge in [-0.3, -0.25) is 14.5 Å². The van der Waals surface area contributed by atoms with Crippen LogP contribution in [0.15, 0.2) is 24.3 Å². The average Bonchev–Trinajstić information content (AvgIpc) is 2.52. The molecule has 126 valence electrons. The van der Waals surface area contributed by atoms with Crippen LogP contribution in [0.2, 0.25) is 0 Å². The fraction of sp³-hybridized carbons (Fsp3) is 0.556. The Balaban J connectivity index is 1.95. The Kier molecular flexibility index (Phi) is 6.16. The number of carboxylic acid groups (broad SMARTS) is 2. The predicted molar refractivity (Wildman–Crippen MR) is 87.3 cm³/mol. The number of aryl methyl sites for hydroxylation is 1. The van der Waals surface area contributed by atoms with E-state index >= 15 is 0 Å². The minimum absolute atomic E-state index is 0.182. The molecule has 1 aliphatic heterocycles. The van der Waals surface area contributed by atoms with Crippen LogP contribution in [0.4, 0.5) is 0 Å². The van der Waals surface area contributed by atoms with E-state index in [9.17, 15) is 9.59 Å². The van der Waals surface area contributed by atoms with Crippen molar-refractivity contribution in [2.45, 2.75) is 45.1 Å². The van der Waals surface area contributed by atoms with Crippen molar-refractivity contribution in [3.63, 3.8) is 0 Å². The normalized spacial score (nSPS) is 19.0. The van der Waals surface area contributed by atoms with Gasteiger partial charge in [-0.15, -0.1) is 0 Å². The lowest BCUT2D eigenvalue weighted by Gasteiger charge is -2.36. The molecule has 2 N–H and O–H groups in total. The van der Waals surface area contributed by atoms with Crippen molar-refractivity contribution in [1.82, 2.24) is 4.90 Å². The number of hydrogen-bond acceptors (Lipinski definition) is 3. The average molecular weight is 319 g/mol. The van der Waals surface area contributed by atoms with Gasteiger partial charge in [0.15, 0.2) is 5.92 Å². The maximum Gasteiger partial charge on any atom is 0.317 e. The number of piperidine rings is 1. The lowest BCUT2D eigenvalue weighted by atomic mass is 9.94. The van der Waals surface area contributed by atoms with Gasteiger partial charge in [-0.1, -0.05) is 36.2 Å².